The quantitative estimate of drug-likeness (QED) is 0.182. The third kappa shape index (κ3) is 7.66. The first-order valence-electron chi connectivity index (χ1n) is 10.2. The van der Waals surface area contributed by atoms with E-state index in [0.29, 0.717) is 34.4 Å². The Kier molecular flexibility index (Phi) is 15.5. The SMILES string of the molecule is O=C([O-])c1cc2cc3c(cc2cc1C(=O)[O-])Cc1cc2cc(C(=O)[O-])c(C(=O)[O-])cc2cc1C3.[K+].[K+].[K+].[K+]. The van der Waals surface area contributed by atoms with Gasteiger partial charge in [-0.25, -0.2) is 0 Å². The van der Waals surface area contributed by atoms with Crippen LogP contribution in [0.3, 0.4) is 0 Å². The molecular formula is C26H12K4O8. The largest absolute Gasteiger partial charge is 1.00 e. The third-order valence-corrected chi connectivity index (χ3v) is 6.23. The number of rotatable bonds is 4. The van der Waals surface area contributed by atoms with Crippen LogP contribution in [0.4, 0.5) is 0 Å². The third-order valence-electron chi connectivity index (χ3n) is 6.23. The Morgan fingerprint density at radius 2 is 0.579 bits per heavy atom. The zero-order valence-electron chi connectivity index (χ0n) is 21.3. The van der Waals surface area contributed by atoms with Crippen molar-refractivity contribution in [3.8, 4) is 0 Å². The van der Waals surface area contributed by atoms with Crippen LogP contribution in [-0.4, -0.2) is 23.9 Å². The van der Waals surface area contributed by atoms with E-state index in [1.807, 2.05) is 0 Å². The number of carboxylic acid groups (broad SMARTS) is 4. The fourth-order valence-electron chi connectivity index (χ4n) is 4.63. The van der Waals surface area contributed by atoms with E-state index in [-0.39, 0.29) is 206 Å². The molecule has 12 heteroatoms. The summed E-state index contributed by atoms with van der Waals surface area (Å²) in [6.07, 6.45) is 0.921. The Balaban J connectivity index is 0.00000180. The van der Waals surface area contributed by atoms with Gasteiger partial charge >= 0.3 is 206 Å². The molecule has 0 atom stereocenters. The van der Waals surface area contributed by atoms with Crippen molar-refractivity contribution in [2.75, 3.05) is 0 Å². The van der Waals surface area contributed by atoms with E-state index >= 15 is 0 Å². The van der Waals surface area contributed by atoms with Gasteiger partial charge in [-0.3, -0.25) is 0 Å². The molecule has 0 unspecified atom stereocenters. The monoisotopic (exact) mass is 608 g/mol. The average molecular weight is 609 g/mol. The smallest absolute Gasteiger partial charge is 0.545 e. The van der Waals surface area contributed by atoms with Gasteiger partial charge < -0.3 is 39.6 Å². The summed E-state index contributed by atoms with van der Waals surface area (Å²) in [4.78, 5) is 45.6. The topological polar surface area (TPSA) is 161 Å². The summed E-state index contributed by atoms with van der Waals surface area (Å²) in [5.41, 5.74) is 1.74. The second-order valence-electron chi connectivity index (χ2n) is 8.24. The maximum absolute atomic E-state index is 11.4. The molecule has 0 radical (unpaired) electrons. The first-order valence-corrected chi connectivity index (χ1v) is 10.2. The van der Waals surface area contributed by atoms with E-state index in [9.17, 15) is 39.6 Å². The number of fused-ring (bicyclic) bond motifs is 4. The van der Waals surface area contributed by atoms with Crippen molar-refractivity contribution in [2.45, 2.75) is 12.8 Å². The van der Waals surface area contributed by atoms with Crippen molar-refractivity contribution in [1.82, 2.24) is 0 Å². The molecule has 0 saturated heterocycles. The van der Waals surface area contributed by atoms with Gasteiger partial charge in [-0.15, -0.1) is 0 Å². The molecule has 0 aliphatic heterocycles. The fourth-order valence-corrected chi connectivity index (χ4v) is 4.63. The summed E-state index contributed by atoms with van der Waals surface area (Å²) in [6.45, 7) is 0. The predicted octanol–water partition coefficient (Wildman–Crippen LogP) is -13.0. The van der Waals surface area contributed by atoms with Gasteiger partial charge in [-0.1, -0.05) is 24.3 Å². The molecule has 0 amide bonds. The van der Waals surface area contributed by atoms with E-state index in [2.05, 4.69) is 0 Å². The molecule has 4 aromatic carbocycles. The van der Waals surface area contributed by atoms with Gasteiger partial charge in [0.1, 0.15) is 0 Å². The van der Waals surface area contributed by atoms with E-state index in [1.165, 1.54) is 24.3 Å². The van der Waals surface area contributed by atoms with Crippen LogP contribution in [-0.2, 0) is 12.8 Å². The average Bonchev–Trinajstić information content (AvgIpc) is 2.78. The van der Waals surface area contributed by atoms with Crippen LogP contribution in [0.2, 0.25) is 0 Å². The minimum atomic E-state index is -1.62. The molecule has 8 nitrogen and oxygen atoms in total. The second kappa shape index (κ2) is 15.5. The summed E-state index contributed by atoms with van der Waals surface area (Å²) in [7, 11) is 0. The van der Waals surface area contributed by atoms with Gasteiger partial charge in [0.25, 0.3) is 0 Å². The summed E-state index contributed by atoms with van der Waals surface area (Å²) in [5.74, 6) is -6.46. The van der Waals surface area contributed by atoms with E-state index in [1.54, 1.807) is 24.3 Å². The van der Waals surface area contributed by atoms with Crippen molar-refractivity contribution >= 4 is 45.4 Å². The van der Waals surface area contributed by atoms with Gasteiger partial charge in [0.15, 0.2) is 0 Å². The molecule has 0 N–H and O–H groups in total. The van der Waals surface area contributed by atoms with Gasteiger partial charge in [-0.05, 0) is 80.9 Å². The van der Waals surface area contributed by atoms with Gasteiger partial charge in [0, 0.05) is 22.3 Å². The summed E-state index contributed by atoms with van der Waals surface area (Å²) in [5, 5.41) is 47.7. The number of benzene rings is 4. The van der Waals surface area contributed by atoms with E-state index in [0.717, 1.165) is 22.3 Å². The van der Waals surface area contributed by atoms with Crippen molar-refractivity contribution in [2.24, 2.45) is 0 Å². The van der Waals surface area contributed by atoms with Crippen LogP contribution in [0.1, 0.15) is 63.7 Å². The number of carboxylic acids is 4. The summed E-state index contributed by atoms with van der Waals surface area (Å²) >= 11 is 0. The molecular weight excluding hydrogens is 597 g/mol. The maximum Gasteiger partial charge on any atom is 1.00 e. The van der Waals surface area contributed by atoms with Crippen LogP contribution in [0.5, 0.6) is 0 Å². The van der Waals surface area contributed by atoms with Gasteiger partial charge in [-0.2, -0.15) is 0 Å². The zero-order chi connectivity index (χ0) is 24.3. The van der Waals surface area contributed by atoms with E-state index < -0.39 is 46.1 Å². The molecule has 1 aliphatic carbocycles. The van der Waals surface area contributed by atoms with Crippen molar-refractivity contribution in [3.05, 3.63) is 93.0 Å². The molecule has 38 heavy (non-hydrogen) atoms. The normalized spacial score (nSPS) is 10.9. The molecule has 5 rings (SSSR count). The Hall–Kier alpha value is 1.83. The molecule has 0 spiro atoms. The molecule has 168 valence electrons. The molecule has 0 aromatic heterocycles. The van der Waals surface area contributed by atoms with E-state index in [4.69, 9.17) is 0 Å². The van der Waals surface area contributed by atoms with Crippen LogP contribution >= 0.6 is 0 Å². The number of hydrogen-bond donors (Lipinski definition) is 0. The van der Waals surface area contributed by atoms with Crippen LogP contribution in [0, 0.1) is 0 Å². The molecule has 0 heterocycles. The van der Waals surface area contributed by atoms with Gasteiger partial charge in [0.2, 0.25) is 0 Å². The van der Waals surface area contributed by atoms with Crippen LogP contribution in [0.25, 0.3) is 21.5 Å². The van der Waals surface area contributed by atoms with Gasteiger partial charge in [0.05, 0.1) is 23.9 Å². The number of hydrogen-bond acceptors (Lipinski definition) is 8. The molecule has 4 aromatic rings. The summed E-state index contributed by atoms with van der Waals surface area (Å²) < 4.78 is 0. The number of carbonyl (C=O) groups is 4. The molecule has 0 fully saturated rings. The number of aromatic carboxylic acids is 4. The van der Waals surface area contributed by atoms with Crippen molar-refractivity contribution in [3.63, 3.8) is 0 Å². The summed E-state index contributed by atoms with van der Waals surface area (Å²) in [6, 6.07) is 12.1. The predicted molar refractivity (Wildman–Crippen MR) is 111 cm³/mol. The Morgan fingerprint density at radius 3 is 0.737 bits per heavy atom. The van der Waals surface area contributed by atoms with Crippen molar-refractivity contribution in [1.29, 1.82) is 0 Å². The Bertz CT molecular complexity index is 1390. The molecule has 0 saturated carbocycles. The Morgan fingerprint density at radius 1 is 0.395 bits per heavy atom. The first kappa shape index (κ1) is 37.9. The fraction of sp³-hybridized carbons (Fsp3) is 0.0769. The standard InChI is InChI=1S/C26H16O8.4K/c27-23(28)19-7-15-3-11-1-12-4-16-8-20(24(29)30)22(26(33)34)10-18(16)6-14(12)2-13(11)5-17(15)9-21(19)25(31)32;;;;/h3-10H,1-2H2,(H,27,28)(H,29,30)(H,31,32)(H,33,34);;;;/q;4*+1/p-4. The molecule has 0 bridgehead atoms. The zero-order valence-corrected chi connectivity index (χ0v) is 33.8. The molecule has 1 aliphatic rings. The maximum atomic E-state index is 11.4. The first-order chi connectivity index (χ1) is 16.1. The second-order valence-corrected chi connectivity index (χ2v) is 8.24. The van der Waals surface area contributed by atoms with Crippen molar-refractivity contribution < 1.29 is 245 Å². The minimum absolute atomic E-state index is 0. The van der Waals surface area contributed by atoms with Crippen LogP contribution < -0.4 is 226 Å². The van der Waals surface area contributed by atoms with Crippen LogP contribution in [0.15, 0.2) is 48.5 Å². The minimum Gasteiger partial charge on any atom is -0.545 e. The Labute approximate surface area is 387 Å². The number of carbonyl (C=O) groups excluding carboxylic acids is 4.